The Morgan fingerprint density at radius 1 is 1.06 bits per heavy atom. The fraction of sp³-hybridized carbons (Fsp3) is 0.391. The van der Waals surface area contributed by atoms with Crippen LogP contribution in [0.1, 0.15) is 28.4 Å². The summed E-state index contributed by atoms with van der Waals surface area (Å²) in [6.45, 7) is 6.93. The lowest BCUT2D eigenvalue weighted by Crippen LogP contribution is -2.41. The second kappa shape index (κ2) is 15.4. The van der Waals surface area contributed by atoms with E-state index in [1.165, 1.54) is 12.1 Å². The van der Waals surface area contributed by atoms with E-state index in [4.69, 9.17) is 9.47 Å². The molecule has 7 nitrogen and oxygen atoms in total. The Morgan fingerprint density at radius 2 is 1.81 bits per heavy atom. The summed E-state index contributed by atoms with van der Waals surface area (Å²) in [4.78, 5) is 16.2. The average molecular weight is 558 g/mol. The van der Waals surface area contributed by atoms with Crippen molar-refractivity contribution in [1.82, 2.24) is 16.0 Å². The minimum atomic E-state index is -0.539. The Morgan fingerprint density at radius 3 is 2.53 bits per heavy atom. The standard InChI is InChI=1S/C23H31FN4O3.HI/c1-4-30-13-14-31-21-15-17(2)9-10-18(21)16-28-23(25-3)27-12-11-26-22(29)19-7-5-6-8-20(19)24;/h5-10,15H,4,11-14,16H2,1-3H3,(H,26,29)(H2,25,27,28);1H. The summed E-state index contributed by atoms with van der Waals surface area (Å²) >= 11 is 0. The number of nitrogens with zero attached hydrogens (tertiary/aromatic N) is 1. The van der Waals surface area contributed by atoms with E-state index in [0.717, 1.165) is 16.9 Å². The molecule has 0 aliphatic heterocycles. The first-order chi connectivity index (χ1) is 15.0. The summed E-state index contributed by atoms with van der Waals surface area (Å²) in [5.41, 5.74) is 2.14. The third kappa shape index (κ3) is 9.39. The highest BCUT2D eigenvalue weighted by atomic mass is 127. The molecule has 176 valence electrons. The molecule has 2 rings (SSSR count). The van der Waals surface area contributed by atoms with E-state index >= 15 is 0 Å². The molecule has 0 radical (unpaired) electrons. The molecule has 0 bridgehead atoms. The molecule has 2 aromatic rings. The maximum Gasteiger partial charge on any atom is 0.254 e. The first kappa shape index (κ1) is 27.6. The molecule has 0 fully saturated rings. The van der Waals surface area contributed by atoms with Gasteiger partial charge in [-0.2, -0.15) is 0 Å². The molecule has 0 aliphatic rings. The largest absolute Gasteiger partial charge is 0.491 e. The van der Waals surface area contributed by atoms with Gasteiger partial charge in [-0.3, -0.25) is 9.79 Å². The molecule has 0 heterocycles. The molecule has 0 aliphatic carbocycles. The number of nitrogens with one attached hydrogen (secondary N) is 3. The van der Waals surface area contributed by atoms with E-state index in [0.29, 0.717) is 45.4 Å². The van der Waals surface area contributed by atoms with Gasteiger partial charge in [0.05, 0.1) is 12.2 Å². The van der Waals surface area contributed by atoms with Crippen LogP contribution in [-0.2, 0) is 11.3 Å². The molecule has 2 aromatic carbocycles. The van der Waals surface area contributed by atoms with Crippen LogP contribution in [0.3, 0.4) is 0 Å². The van der Waals surface area contributed by atoms with Crippen molar-refractivity contribution in [3.8, 4) is 5.75 Å². The zero-order valence-electron chi connectivity index (χ0n) is 18.7. The summed E-state index contributed by atoms with van der Waals surface area (Å²) in [7, 11) is 1.67. The van der Waals surface area contributed by atoms with Crippen molar-refractivity contribution in [3.63, 3.8) is 0 Å². The van der Waals surface area contributed by atoms with Crippen LogP contribution in [0.5, 0.6) is 5.75 Å². The highest BCUT2D eigenvalue weighted by Gasteiger charge is 2.10. The third-order valence-electron chi connectivity index (χ3n) is 4.40. The summed E-state index contributed by atoms with van der Waals surface area (Å²) in [5.74, 6) is 0.403. The number of amides is 1. The van der Waals surface area contributed by atoms with Crippen molar-refractivity contribution in [1.29, 1.82) is 0 Å². The van der Waals surface area contributed by atoms with Gasteiger partial charge in [-0.1, -0.05) is 24.3 Å². The van der Waals surface area contributed by atoms with Crippen molar-refractivity contribution in [2.45, 2.75) is 20.4 Å². The van der Waals surface area contributed by atoms with Crippen molar-refractivity contribution < 1.29 is 18.7 Å². The van der Waals surface area contributed by atoms with Crippen LogP contribution in [-0.4, -0.2) is 51.8 Å². The Kier molecular flexibility index (Phi) is 13.3. The molecule has 3 N–H and O–H groups in total. The number of hydrogen-bond acceptors (Lipinski definition) is 4. The molecule has 32 heavy (non-hydrogen) atoms. The molecule has 9 heteroatoms. The zero-order valence-corrected chi connectivity index (χ0v) is 21.1. The summed E-state index contributed by atoms with van der Waals surface area (Å²) in [6, 6.07) is 11.9. The number of aryl methyl sites for hydroxylation is 1. The van der Waals surface area contributed by atoms with E-state index in [-0.39, 0.29) is 29.5 Å². The SMILES string of the molecule is CCOCCOc1cc(C)ccc1CNC(=NC)NCCNC(=O)c1ccccc1F.I. The van der Waals surface area contributed by atoms with Crippen molar-refractivity contribution in [2.75, 3.05) is 40.0 Å². The van der Waals surface area contributed by atoms with Crippen LogP contribution in [0, 0.1) is 12.7 Å². The lowest BCUT2D eigenvalue weighted by atomic mass is 10.1. The highest BCUT2D eigenvalue weighted by Crippen LogP contribution is 2.20. The number of benzene rings is 2. The Bertz CT molecular complexity index is 880. The van der Waals surface area contributed by atoms with Crippen molar-refractivity contribution in [2.24, 2.45) is 4.99 Å². The number of halogens is 2. The van der Waals surface area contributed by atoms with E-state index in [1.54, 1.807) is 19.2 Å². The van der Waals surface area contributed by atoms with Crippen LogP contribution < -0.4 is 20.7 Å². The van der Waals surface area contributed by atoms with Crippen LogP contribution in [0.4, 0.5) is 4.39 Å². The first-order valence-electron chi connectivity index (χ1n) is 10.3. The zero-order chi connectivity index (χ0) is 22.5. The number of guanidine groups is 1. The number of aliphatic imine (C=N–C) groups is 1. The topological polar surface area (TPSA) is 84.0 Å². The van der Waals surface area contributed by atoms with E-state index < -0.39 is 11.7 Å². The maximum atomic E-state index is 13.6. The Hall–Kier alpha value is -2.40. The van der Waals surface area contributed by atoms with Crippen LogP contribution in [0.15, 0.2) is 47.5 Å². The number of rotatable bonds is 11. The van der Waals surface area contributed by atoms with Gasteiger partial charge in [-0.05, 0) is 37.6 Å². The van der Waals surface area contributed by atoms with Gasteiger partial charge in [0.1, 0.15) is 18.2 Å². The minimum absolute atomic E-state index is 0. The quantitative estimate of drug-likeness (QED) is 0.171. The smallest absolute Gasteiger partial charge is 0.254 e. The molecule has 0 saturated heterocycles. The monoisotopic (exact) mass is 558 g/mol. The summed E-state index contributed by atoms with van der Waals surface area (Å²) in [5, 5.41) is 9.04. The lowest BCUT2D eigenvalue weighted by Gasteiger charge is -2.16. The van der Waals surface area contributed by atoms with Crippen molar-refractivity contribution in [3.05, 3.63) is 65.0 Å². The van der Waals surface area contributed by atoms with E-state index in [2.05, 4.69) is 20.9 Å². The van der Waals surface area contributed by atoms with E-state index in [1.807, 2.05) is 32.0 Å². The highest BCUT2D eigenvalue weighted by molar-refractivity contribution is 14.0. The number of hydrogen-bond donors (Lipinski definition) is 3. The van der Waals surface area contributed by atoms with Crippen LogP contribution in [0.2, 0.25) is 0 Å². The van der Waals surface area contributed by atoms with Gasteiger partial charge in [0.15, 0.2) is 5.96 Å². The molecular formula is C23H32FIN4O3. The molecule has 0 spiro atoms. The average Bonchev–Trinajstić information content (AvgIpc) is 2.77. The molecule has 0 atom stereocenters. The van der Waals surface area contributed by atoms with Gasteiger partial charge in [-0.15, -0.1) is 24.0 Å². The second-order valence-electron chi connectivity index (χ2n) is 6.74. The van der Waals surface area contributed by atoms with Gasteiger partial charge in [0.25, 0.3) is 5.91 Å². The first-order valence-corrected chi connectivity index (χ1v) is 10.3. The van der Waals surface area contributed by atoms with E-state index in [9.17, 15) is 9.18 Å². The molecule has 0 saturated carbocycles. The lowest BCUT2D eigenvalue weighted by molar-refractivity contribution is 0.0950. The summed E-state index contributed by atoms with van der Waals surface area (Å²) in [6.07, 6.45) is 0. The minimum Gasteiger partial charge on any atom is -0.491 e. The molecule has 0 unspecified atom stereocenters. The Labute approximate surface area is 206 Å². The normalized spacial score (nSPS) is 10.8. The second-order valence-corrected chi connectivity index (χ2v) is 6.74. The van der Waals surface area contributed by atoms with Gasteiger partial charge in [0.2, 0.25) is 0 Å². The number of carbonyl (C=O) groups is 1. The van der Waals surface area contributed by atoms with Gasteiger partial charge < -0.3 is 25.4 Å². The predicted octanol–water partition coefficient (Wildman–Crippen LogP) is 3.26. The maximum absolute atomic E-state index is 13.6. The van der Waals surface area contributed by atoms with Gasteiger partial charge >= 0.3 is 0 Å². The van der Waals surface area contributed by atoms with Crippen molar-refractivity contribution >= 4 is 35.8 Å². The van der Waals surface area contributed by atoms with Gasteiger partial charge in [-0.25, -0.2) is 4.39 Å². The molecular weight excluding hydrogens is 526 g/mol. The van der Waals surface area contributed by atoms with Crippen LogP contribution in [0.25, 0.3) is 0 Å². The predicted molar refractivity (Wildman–Crippen MR) is 136 cm³/mol. The summed E-state index contributed by atoms with van der Waals surface area (Å²) < 4.78 is 24.8. The molecule has 1 amide bonds. The number of ether oxygens (including phenoxy) is 2. The van der Waals surface area contributed by atoms with Crippen LogP contribution >= 0.6 is 24.0 Å². The van der Waals surface area contributed by atoms with Gasteiger partial charge in [0, 0.05) is 38.9 Å². The Balaban J connectivity index is 0.00000512. The third-order valence-corrected chi connectivity index (χ3v) is 4.40. The fourth-order valence-corrected chi connectivity index (χ4v) is 2.79. The molecule has 0 aromatic heterocycles. The number of carbonyl (C=O) groups excluding carboxylic acids is 1. The fourth-order valence-electron chi connectivity index (χ4n) is 2.79.